The molecule has 4 heteroatoms. The zero-order valence-corrected chi connectivity index (χ0v) is 24.6. The first kappa shape index (κ1) is 30.8. The maximum Gasteiger partial charge on any atom is 0.123 e. The van der Waals surface area contributed by atoms with Crippen LogP contribution in [-0.4, -0.2) is 30.8 Å². The van der Waals surface area contributed by atoms with Crippen LogP contribution in [0.4, 0.5) is 0 Å². The second kappa shape index (κ2) is 20.0. The van der Waals surface area contributed by atoms with Gasteiger partial charge < -0.3 is 15.0 Å². The number of phenolic OH excluding ortho intramolecular Hbond substituents is 1. The van der Waals surface area contributed by atoms with E-state index in [2.05, 4.69) is 20.8 Å². The molecule has 3 aromatic carbocycles. The summed E-state index contributed by atoms with van der Waals surface area (Å²) in [7, 11) is 0. The van der Waals surface area contributed by atoms with Gasteiger partial charge in [-0.25, -0.2) is 0 Å². The molecule has 0 saturated carbocycles. The summed E-state index contributed by atoms with van der Waals surface area (Å²) in [6.07, 6.45) is 8.85. The van der Waals surface area contributed by atoms with E-state index >= 15 is 0 Å². The fourth-order valence-corrected chi connectivity index (χ4v) is 13.0. The van der Waals surface area contributed by atoms with E-state index in [1.54, 1.807) is 37.6 Å². The number of carbonyl (C=O) groups excluding carboxylic acids is 1. The Morgan fingerprint density at radius 1 is 0.686 bits per heavy atom. The fourth-order valence-electron chi connectivity index (χ4n) is 3.57. The average molecular weight is 581 g/mol. The number of unbranched alkanes of at least 4 members (excludes halogenated alkanes) is 3. The van der Waals surface area contributed by atoms with Gasteiger partial charge in [0.1, 0.15) is 5.75 Å². The van der Waals surface area contributed by atoms with Crippen molar-refractivity contribution < 1.29 is 15.0 Å². The Hall–Kier alpha value is -2.27. The number of aromatic hydroxyl groups is 1. The van der Waals surface area contributed by atoms with E-state index in [4.69, 9.17) is 0 Å². The molecule has 0 saturated heterocycles. The molecule has 35 heavy (non-hydrogen) atoms. The van der Waals surface area contributed by atoms with Crippen molar-refractivity contribution in [1.82, 2.24) is 0 Å². The van der Waals surface area contributed by atoms with Gasteiger partial charge in [-0.05, 0) is 17.2 Å². The molecule has 188 valence electrons. The van der Waals surface area contributed by atoms with Gasteiger partial charge in [0.25, 0.3) is 0 Å². The third kappa shape index (κ3) is 14.0. The average Bonchev–Trinajstić information content (AvgIpc) is 2.90. The number of para-hydroxylation sites is 1. The Balaban J connectivity index is 0.000000267. The van der Waals surface area contributed by atoms with Crippen LogP contribution in [0.5, 0.6) is 5.75 Å². The normalized spacial score (nSPS) is 9.80. The van der Waals surface area contributed by atoms with Gasteiger partial charge in [-0.15, -0.1) is 0 Å². The van der Waals surface area contributed by atoms with E-state index in [1.165, 1.54) is 50.7 Å². The van der Waals surface area contributed by atoms with E-state index in [0.717, 1.165) is 11.1 Å². The standard InChI is InChI=1S/C12H10O.C7H6O2.3C4H9.Sn/c13-12-9-5-4-8-11(12)10-6-2-1-3-7-10;8-7(9)6-4-2-1-3-5-6;3*1-3-4-2;/h1-9,13H;1-5H,(H,8,9);3*1,3-4H2,2H3;/q;;;;;+1/p-1. The summed E-state index contributed by atoms with van der Waals surface area (Å²) in [6, 6.07) is 25.3. The number of carboxylic acid groups (broad SMARTS) is 1. The van der Waals surface area contributed by atoms with Crippen LogP contribution < -0.4 is 5.11 Å². The summed E-state index contributed by atoms with van der Waals surface area (Å²) in [5.74, 6) is -0.802. The number of rotatable bonds is 11. The quantitative estimate of drug-likeness (QED) is 0.234. The molecule has 1 N–H and O–H groups in total. The number of hydrogen-bond donors (Lipinski definition) is 1. The Labute approximate surface area is 220 Å². The van der Waals surface area contributed by atoms with E-state index in [9.17, 15) is 15.0 Å². The second-order valence-corrected chi connectivity index (χ2v) is 17.2. The monoisotopic (exact) mass is 582 g/mol. The van der Waals surface area contributed by atoms with Crippen LogP contribution >= 0.6 is 0 Å². The predicted octanol–water partition coefficient (Wildman–Crippen LogP) is 7.99. The molecule has 0 aliphatic carbocycles. The molecule has 0 amide bonds. The van der Waals surface area contributed by atoms with Crippen molar-refractivity contribution in [3.05, 3.63) is 90.5 Å². The summed E-state index contributed by atoms with van der Waals surface area (Å²) in [5, 5.41) is 19.7. The number of hydrogen-bond acceptors (Lipinski definition) is 3. The van der Waals surface area contributed by atoms with Crippen molar-refractivity contribution >= 4 is 25.7 Å². The zero-order valence-electron chi connectivity index (χ0n) is 21.7. The van der Waals surface area contributed by atoms with Gasteiger partial charge in [0.05, 0.1) is 5.97 Å². The van der Waals surface area contributed by atoms with Crippen molar-refractivity contribution in [3.63, 3.8) is 0 Å². The van der Waals surface area contributed by atoms with Crippen LogP contribution in [0.25, 0.3) is 11.1 Å². The first-order valence-corrected chi connectivity index (χ1v) is 19.0. The van der Waals surface area contributed by atoms with Crippen LogP contribution in [0.1, 0.15) is 69.7 Å². The molecule has 0 fully saturated rings. The fraction of sp³-hybridized carbons (Fsp3) is 0.387. The molecule has 0 spiro atoms. The van der Waals surface area contributed by atoms with E-state index in [1.807, 2.05) is 48.5 Å². The molecule has 3 rings (SSSR count). The Kier molecular flexibility index (Phi) is 17.6. The number of benzene rings is 3. The number of carboxylic acids is 1. The number of carbonyl (C=O) groups is 1. The molecular formula is C31H42O3Sn. The maximum absolute atomic E-state index is 10.1. The summed E-state index contributed by atoms with van der Waals surface area (Å²) in [4.78, 5) is 10.1. The molecule has 3 nitrogen and oxygen atoms in total. The molecule has 3 aromatic rings. The van der Waals surface area contributed by atoms with Crippen molar-refractivity contribution in [2.45, 2.75) is 72.6 Å². The van der Waals surface area contributed by atoms with Gasteiger partial charge in [0, 0.05) is 5.56 Å². The van der Waals surface area contributed by atoms with E-state index in [-0.39, 0.29) is 5.56 Å². The Morgan fingerprint density at radius 3 is 1.51 bits per heavy atom. The van der Waals surface area contributed by atoms with E-state index < -0.39 is 25.7 Å². The Morgan fingerprint density at radius 2 is 1.11 bits per heavy atom. The number of aromatic carboxylic acids is 1. The van der Waals surface area contributed by atoms with Crippen LogP contribution in [0.3, 0.4) is 0 Å². The molecule has 0 aromatic heterocycles. The smallest absolute Gasteiger partial charge is 0.123 e. The molecule has 0 heterocycles. The number of phenols is 1. The molecule has 0 atom stereocenters. The molecular weight excluding hydrogens is 539 g/mol. The topological polar surface area (TPSA) is 60.4 Å². The van der Waals surface area contributed by atoms with Gasteiger partial charge in [0.2, 0.25) is 0 Å². The summed E-state index contributed by atoms with van der Waals surface area (Å²) >= 11 is -0.839. The van der Waals surface area contributed by atoms with Crippen LogP contribution in [0.2, 0.25) is 13.3 Å². The minimum Gasteiger partial charge on any atom is -0.545 e. The van der Waals surface area contributed by atoms with E-state index in [0.29, 0.717) is 5.75 Å². The van der Waals surface area contributed by atoms with Crippen molar-refractivity contribution in [2.75, 3.05) is 0 Å². The molecule has 0 radical (unpaired) electrons. The SMILES string of the molecule is CCC[CH2][Sn+]([CH2]CCC)[CH2]CCC.O=C([O-])c1ccccc1.Oc1ccccc1-c1ccccc1. The zero-order chi connectivity index (χ0) is 25.7. The molecule has 0 aliphatic heterocycles. The van der Waals surface area contributed by atoms with Gasteiger partial charge in [-0.2, -0.15) is 0 Å². The molecule has 0 bridgehead atoms. The predicted molar refractivity (Wildman–Crippen MR) is 149 cm³/mol. The van der Waals surface area contributed by atoms with Crippen LogP contribution in [-0.2, 0) is 0 Å². The van der Waals surface area contributed by atoms with Crippen molar-refractivity contribution in [1.29, 1.82) is 0 Å². The van der Waals surface area contributed by atoms with Gasteiger partial charge >= 0.3 is 92.4 Å². The van der Waals surface area contributed by atoms with Crippen molar-refractivity contribution in [2.24, 2.45) is 0 Å². The van der Waals surface area contributed by atoms with Gasteiger partial charge in [-0.3, -0.25) is 0 Å². The summed E-state index contributed by atoms with van der Waals surface area (Å²) < 4.78 is 5.04. The maximum atomic E-state index is 10.1. The first-order valence-electron chi connectivity index (χ1n) is 13.0. The van der Waals surface area contributed by atoms with Crippen LogP contribution in [0.15, 0.2) is 84.9 Å². The van der Waals surface area contributed by atoms with Crippen LogP contribution in [0, 0.1) is 0 Å². The summed E-state index contributed by atoms with van der Waals surface area (Å²) in [5.41, 5.74) is 2.14. The third-order valence-corrected chi connectivity index (χ3v) is 14.7. The molecule has 0 aliphatic rings. The minimum absolute atomic E-state index is 0.220. The third-order valence-electron chi connectivity index (χ3n) is 5.65. The van der Waals surface area contributed by atoms with Gasteiger partial charge in [-0.1, -0.05) is 78.9 Å². The minimum atomic E-state index is -1.13. The molecule has 0 unspecified atom stereocenters. The second-order valence-electron chi connectivity index (χ2n) is 8.60. The summed E-state index contributed by atoms with van der Waals surface area (Å²) in [6.45, 7) is 7.00. The van der Waals surface area contributed by atoms with Gasteiger partial charge in [0.15, 0.2) is 0 Å². The largest absolute Gasteiger partial charge is 0.545 e. The first-order chi connectivity index (χ1) is 17.0. The Bertz CT molecular complexity index is 894. The van der Waals surface area contributed by atoms with Crippen molar-refractivity contribution in [3.8, 4) is 16.9 Å².